The van der Waals surface area contributed by atoms with Gasteiger partial charge in [0.2, 0.25) is 5.91 Å². The molecule has 3 fully saturated rings. The van der Waals surface area contributed by atoms with E-state index in [-0.39, 0.29) is 49.4 Å². The topological polar surface area (TPSA) is 115 Å². The van der Waals surface area contributed by atoms with Gasteiger partial charge in [-0.25, -0.2) is 4.68 Å². The second-order valence-corrected chi connectivity index (χ2v) is 12.1. The van der Waals surface area contributed by atoms with Crippen LogP contribution in [0.5, 0.6) is 5.75 Å². The number of nitrogens with zero attached hydrogens (tertiary/aromatic N) is 7. The van der Waals surface area contributed by atoms with Crippen molar-refractivity contribution >= 4 is 11.8 Å². The molecular weight excluding hydrogens is 607 g/mol. The first-order valence-corrected chi connectivity index (χ1v) is 15.4. The largest absolute Gasteiger partial charge is 0.491 e. The third-order valence-electron chi connectivity index (χ3n) is 9.20. The van der Waals surface area contributed by atoms with Crippen LogP contribution in [0.25, 0.3) is 5.69 Å². The summed E-state index contributed by atoms with van der Waals surface area (Å²) in [6, 6.07) is 5.62. The molecule has 2 amide bonds. The molecule has 0 spiro atoms. The van der Waals surface area contributed by atoms with Crippen molar-refractivity contribution in [1.29, 1.82) is 0 Å². The predicted molar refractivity (Wildman–Crippen MR) is 155 cm³/mol. The molecule has 0 N–H and O–H groups in total. The molecule has 3 saturated heterocycles. The molecule has 0 saturated carbocycles. The summed E-state index contributed by atoms with van der Waals surface area (Å²) in [7, 11) is 0. The number of alkyl halides is 3. The van der Waals surface area contributed by atoms with Gasteiger partial charge in [0.15, 0.2) is 0 Å². The molecule has 12 nitrogen and oxygen atoms in total. The fourth-order valence-corrected chi connectivity index (χ4v) is 6.79. The number of benzene rings is 1. The van der Waals surface area contributed by atoms with E-state index in [1.807, 2.05) is 6.07 Å². The Morgan fingerprint density at radius 2 is 1.87 bits per heavy atom. The molecule has 0 unspecified atom stereocenters. The Morgan fingerprint density at radius 3 is 2.65 bits per heavy atom. The van der Waals surface area contributed by atoms with Crippen molar-refractivity contribution in [2.24, 2.45) is 0 Å². The summed E-state index contributed by atoms with van der Waals surface area (Å²) < 4.78 is 60.5. The van der Waals surface area contributed by atoms with Gasteiger partial charge in [0.1, 0.15) is 24.1 Å². The summed E-state index contributed by atoms with van der Waals surface area (Å²) in [6.45, 7) is 3.18. The third-order valence-corrected chi connectivity index (χ3v) is 9.20. The maximum Gasteiger partial charge on any atom is 0.416 e. The average Bonchev–Trinajstić information content (AvgIpc) is 3.73. The van der Waals surface area contributed by atoms with E-state index in [0.29, 0.717) is 44.6 Å². The van der Waals surface area contributed by atoms with Crippen LogP contribution >= 0.6 is 0 Å². The minimum Gasteiger partial charge on any atom is -0.491 e. The summed E-state index contributed by atoms with van der Waals surface area (Å²) >= 11 is 0. The van der Waals surface area contributed by atoms with Crippen molar-refractivity contribution < 1.29 is 37.0 Å². The fraction of sp³-hybridized carbons (Fsp3) is 0.516. The Kier molecular flexibility index (Phi) is 8.38. The minimum absolute atomic E-state index is 0.0222. The molecule has 1 aromatic carbocycles. The molecule has 0 radical (unpaired) electrons. The average molecular weight is 642 g/mol. The normalized spacial score (nSPS) is 24.7. The van der Waals surface area contributed by atoms with Crippen molar-refractivity contribution in [3.8, 4) is 11.4 Å². The quantitative estimate of drug-likeness (QED) is 0.415. The molecule has 0 bridgehead atoms. The highest BCUT2D eigenvalue weighted by molar-refractivity contribution is 6.00. The molecule has 7 rings (SSSR count). The van der Waals surface area contributed by atoms with Crippen molar-refractivity contribution in [2.75, 3.05) is 46.0 Å². The van der Waals surface area contributed by atoms with Crippen LogP contribution in [0.2, 0.25) is 0 Å². The second-order valence-electron chi connectivity index (χ2n) is 12.1. The molecule has 15 heteroatoms. The van der Waals surface area contributed by atoms with Gasteiger partial charge in [-0.15, -0.1) is 5.10 Å². The minimum atomic E-state index is -4.66. The highest BCUT2D eigenvalue weighted by Crippen LogP contribution is 2.36. The second kappa shape index (κ2) is 12.6. The van der Waals surface area contributed by atoms with Crippen molar-refractivity contribution in [1.82, 2.24) is 34.7 Å². The Labute approximate surface area is 263 Å². The number of amides is 2. The Bertz CT molecular complexity index is 1570. The van der Waals surface area contributed by atoms with Crippen LogP contribution in [0.4, 0.5) is 13.2 Å². The number of pyridine rings is 1. The van der Waals surface area contributed by atoms with E-state index in [9.17, 15) is 22.8 Å². The first-order valence-electron chi connectivity index (χ1n) is 15.4. The van der Waals surface area contributed by atoms with Gasteiger partial charge in [-0.2, -0.15) is 13.2 Å². The Hall–Kier alpha value is -4.08. The number of fused-ring (bicyclic) bond motifs is 3. The molecule has 3 aromatic rings. The number of hydrogen-bond acceptors (Lipinski definition) is 9. The summed E-state index contributed by atoms with van der Waals surface area (Å²) in [5.74, 6) is -0.893. The Balaban J connectivity index is 1.15. The number of ether oxygens (including phenoxy) is 3. The van der Waals surface area contributed by atoms with Gasteiger partial charge in [0, 0.05) is 58.1 Å². The van der Waals surface area contributed by atoms with Gasteiger partial charge < -0.3 is 24.0 Å². The zero-order chi connectivity index (χ0) is 31.8. The Morgan fingerprint density at radius 1 is 1.02 bits per heavy atom. The van der Waals surface area contributed by atoms with Crippen LogP contribution in [0.15, 0.2) is 48.9 Å². The zero-order valence-corrected chi connectivity index (χ0v) is 25.0. The fourth-order valence-electron chi connectivity index (χ4n) is 6.79. The van der Waals surface area contributed by atoms with E-state index in [1.165, 1.54) is 11.0 Å². The lowest BCUT2D eigenvalue weighted by molar-refractivity contribution is -0.143. The number of aromatic nitrogens is 4. The molecule has 3 atom stereocenters. The van der Waals surface area contributed by atoms with E-state index in [0.717, 1.165) is 30.7 Å². The van der Waals surface area contributed by atoms with E-state index in [1.54, 1.807) is 34.2 Å². The predicted octanol–water partition coefficient (Wildman–Crippen LogP) is 2.57. The lowest BCUT2D eigenvalue weighted by Gasteiger charge is -2.46. The van der Waals surface area contributed by atoms with E-state index >= 15 is 0 Å². The van der Waals surface area contributed by atoms with Crippen molar-refractivity contribution in [3.05, 3.63) is 65.7 Å². The molecular formula is C31H34F3N7O5. The summed E-state index contributed by atoms with van der Waals surface area (Å²) in [4.78, 5) is 37.7. The number of carbonyl (C=O) groups is 2. The first-order chi connectivity index (χ1) is 22.2. The number of hydrogen-bond donors (Lipinski definition) is 0. The molecule has 244 valence electrons. The van der Waals surface area contributed by atoms with Crippen molar-refractivity contribution in [2.45, 2.75) is 56.3 Å². The molecule has 6 heterocycles. The third kappa shape index (κ3) is 6.18. The number of carbonyl (C=O) groups excluding carboxylic acids is 2. The number of halogens is 3. The lowest BCUT2D eigenvalue weighted by atomic mass is 10.0. The van der Waals surface area contributed by atoms with E-state index in [4.69, 9.17) is 14.2 Å². The van der Waals surface area contributed by atoms with Crippen LogP contribution in [0, 0.1) is 0 Å². The monoisotopic (exact) mass is 641 g/mol. The molecule has 4 aliphatic rings. The van der Waals surface area contributed by atoms with Crippen LogP contribution in [0.3, 0.4) is 0 Å². The summed E-state index contributed by atoms with van der Waals surface area (Å²) in [5.41, 5.74) is 0.0722. The van der Waals surface area contributed by atoms with Gasteiger partial charge in [-0.1, -0.05) is 5.21 Å². The lowest BCUT2D eigenvalue weighted by Crippen LogP contribution is -2.62. The molecule has 46 heavy (non-hydrogen) atoms. The smallest absolute Gasteiger partial charge is 0.416 e. The number of piperazine rings is 1. The summed E-state index contributed by atoms with van der Waals surface area (Å²) in [5, 5.41) is 8.28. The van der Waals surface area contributed by atoms with Crippen molar-refractivity contribution in [3.63, 3.8) is 0 Å². The van der Waals surface area contributed by atoms with Crippen LogP contribution in [-0.2, 0) is 27.1 Å². The van der Waals surface area contributed by atoms with Gasteiger partial charge in [-0.05, 0) is 43.2 Å². The molecule has 0 aliphatic carbocycles. The maximum atomic E-state index is 14.2. The van der Waals surface area contributed by atoms with Gasteiger partial charge in [0.25, 0.3) is 5.91 Å². The maximum absolute atomic E-state index is 14.2. The van der Waals surface area contributed by atoms with Gasteiger partial charge >= 0.3 is 6.18 Å². The van der Waals surface area contributed by atoms with E-state index in [2.05, 4.69) is 20.2 Å². The number of rotatable bonds is 5. The summed E-state index contributed by atoms with van der Waals surface area (Å²) in [6.07, 6.45) is 1.77. The van der Waals surface area contributed by atoms with Gasteiger partial charge in [0.05, 0.1) is 48.0 Å². The van der Waals surface area contributed by atoms with Crippen LogP contribution in [0.1, 0.15) is 40.9 Å². The van der Waals surface area contributed by atoms with Crippen LogP contribution < -0.4 is 4.74 Å². The molecule has 4 aliphatic heterocycles. The zero-order valence-electron chi connectivity index (χ0n) is 25.0. The van der Waals surface area contributed by atoms with E-state index < -0.39 is 29.8 Å². The molecule has 2 aromatic heterocycles. The highest BCUT2D eigenvalue weighted by atomic mass is 19.4. The standard InChI is InChI=1S/C31H34F3N7O5/c32-31(33,34)20-3-4-28-26(12-20)29(42)40-17-25(45-18-21-15-41(37-36-21)23-2-1-7-35-14-23)13-27(40)30(43)39-9-8-38(16-24(39)19-46-28)22-5-10-44-11-6-22/h1-4,7,12,14-15,22,24-25,27H,5-6,8-11,13,16-19H2/t24-,25+,27-/m0/s1. The van der Waals surface area contributed by atoms with Crippen LogP contribution in [-0.4, -0.2) is 117 Å². The van der Waals surface area contributed by atoms with Gasteiger partial charge in [-0.3, -0.25) is 19.5 Å². The first kappa shape index (κ1) is 30.6. The highest BCUT2D eigenvalue weighted by Gasteiger charge is 2.46. The SMILES string of the molecule is O=C1[C@@H]2C[C@@H](OCc3cn(-c4cccnc4)nn3)CN2C(=O)c2cc(C(F)(F)F)ccc2OC[C@@H]2CN(C3CCOCC3)CCN12.